The Morgan fingerprint density at radius 1 is 1.10 bits per heavy atom. The Hall–Kier alpha value is 0.800. The van der Waals surface area contributed by atoms with Crippen LogP contribution in [0.4, 0.5) is 0 Å². The highest BCUT2D eigenvalue weighted by Gasteiger charge is 2.20. The average molecular weight is 547 g/mol. The van der Waals surface area contributed by atoms with Crippen molar-refractivity contribution < 1.29 is 0 Å². The van der Waals surface area contributed by atoms with Gasteiger partial charge >= 0.3 is 0 Å². The summed E-state index contributed by atoms with van der Waals surface area (Å²) in [6, 6.07) is 8.67. The smallest absolute Gasteiger partial charge is 0.0761 e. The molecule has 6 heteroatoms. The Morgan fingerprint density at radius 2 is 1.85 bits per heavy atom. The van der Waals surface area contributed by atoms with Gasteiger partial charge in [0.2, 0.25) is 0 Å². The van der Waals surface area contributed by atoms with Gasteiger partial charge in [-0.15, -0.1) is 11.3 Å². The third kappa shape index (κ3) is 4.17. The second-order valence-electron chi connectivity index (χ2n) is 4.33. The van der Waals surface area contributed by atoms with E-state index in [1.807, 2.05) is 0 Å². The Labute approximate surface area is 157 Å². The standard InChI is InChI=1S/C14H13Br4NS/c1-2-5-19-13(10-7-12(17)20-14(10)18)9-4-3-8(15)6-11(9)16/h3-4,6-7,13,19H,2,5H2,1H3. The van der Waals surface area contributed by atoms with Crippen LogP contribution in [0.25, 0.3) is 0 Å². The summed E-state index contributed by atoms with van der Waals surface area (Å²) in [5, 5.41) is 3.63. The summed E-state index contributed by atoms with van der Waals surface area (Å²) >= 11 is 16.1. The van der Waals surface area contributed by atoms with E-state index in [0.717, 1.165) is 29.5 Å². The van der Waals surface area contributed by atoms with Gasteiger partial charge in [0.1, 0.15) is 0 Å². The van der Waals surface area contributed by atoms with Crippen molar-refractivity contribution in [1.29, 1.82) is 0 Å². The molecule has 0 aliphatic carbocycles. The summed E-state index contributed by atoms with van der Waals surface area (Å²) in [7, 11) is 0. The molecular weight excluding hydrogens is 534 g/mol. The summed E-state index contributed by atoms with van der Waals surface area (Å²) < 4.78 is 4.48. The molecule has 0 spiro atoms. The third-order valence-electron chi connectivity index (χ3n) is 2.87. The van der Waals surface area contributed by atoms with Crippen molar-refractivity contribution in [2.75, 3.05) is 6.54 Å². The first-order valence-electron chi connectivity index (χ1n) is 6.16. The van der Waals surface area contributed by atoms with Gasteiger partial charge < -0.3 is 5.32 Å². The van der Waals surface area contributed by atoms with Gasteiger partial charge in [0.25, 0.3) is 0 Å². The molecule has 1 atom stereocenters. The number of halogens is 4. The van der Waals surface area contributed by atoms with Gasteiger partial charge in [-0.1, -0.05) is 44.8 Å². The fourth-order valence-corrected chi connectivity index (χ4v) is 6.14. The van der Waals surface area contributed by atoms with E-state index in [0.29, 0.717) is 0 Å². The number of rotatable bonds is 5. The van der Waals surface area contributed by atoms with Crippen LogP contribution in [0.2, 0.25) is 0 Å². The quantitative estimate of drug-likeness (QED) is 0.431. The van der Waals surface area contributed by atoms with Crippen molar-refractivity contribution in [3.05, 3.63) is 51.9 Å². The van der Waals surface area contributed by atoms with Gasteiger partial charge in [0, 0.05) is 8.95 Å². The second-order valence-corrected chi connectivity index (χ2v) is 9.85. The minimum Gasteiger partial charge on any atom is -0.306 e. The van der Waals surface area contributed by atoms with Gasteiger partial charge in [-0.05, 0) is 74.2 Å². The summed E-state index contributed by atoms with van der Waals surface area (Å²) in [4.78, 5) is 0. The number of nitrogens with one attached hydrogen (secondary N) is 1. The van der Waals surface area contributed by atoms with Crippen LogP contribution < -0.4 is 5.32 Å². The lowest BCUT2D eigenvalue weighted by molar-refractivity contribution is 0.596. The Kier molecular flexibility index (Phi) is 6.76. The Balaban J connectivity index is 2.44. The lowest BCUT2D eigenvalue weighted by Gasteiger charge is -2.20. The minimum atomic E-state index is 0.175. The molecule has 1 aromatic heterocycles. The van der Waals surface area contributed by atoms with E-state index in [-0.39, 0.29) is 6.04 Å². The second kappa shape index (κ2) is 7.88. The maximum Gasteiger partial charge on any atom is 0.0761 e. The molecule has 0 bridgehead atoms. The molecule has 0 aliphatic rings. The van der Waals surface area contributed by atoms with Crippen LogP contribution in [-0.4, -0.2) is 6.54 Å². The summed E-state index contributed by atoms with van der Waals surface area (Å²) in [5.74, 6) is 0. The van der Waals surface area contributed by atoms with Gasteiger partial charge in [-0.25, -0.2) is 0 Å². The molecule has 0 fully saturated rings. The molecule has 1 N–H and O–H groups in total. The van der Waals surface area contributed by atoms with E-state index in [4.69, 9.17) is 0 Å². The molecule has 2 rings (SSSR count). The molecule has 1 aromatic carbocycles. The average Bonchev–Trinajstić information content (AvgIpc) is 2.71. The number of hydrogen-bond donors (Lipinski definition) is 1. The van der Waals surface area contributed by atoms with E-state index in [9.17, 15) is 0 Å². The molecule has 0 amide bonds. The SMILES string of the molecule is CCCNC(c1ccc(Br)cc1Br)c1cc(Br)sc1Br. The molecule has 20 heavy (non-hydrogen) atoms. The lowest BCUT2D eigenvalue weighted by atomic mass is 10.0. The van der Waals surface area contributed by atoms with Crippen molar-refractivity contribution in [2.45, 2.75) is 19.4 Å². The van der Waals surface area contributed by atoms with Crippen LogP contribution in [0, 0.1) is 0 Å². The number of hydrogen-bond acceptors (Lipinski definition) is 2. The molecular formula is C14H13Br4NS. The lowest BCUT2D eigenvalue weighted by Crippen LogP contribution is -2.23. The van der Waals surface area contributed by atoms with E-state index in [1.54, 1.807) is 11.3 Å². The molecule has 2 aromatic rings. The van der Waals surface area contributed by atoms with Crippen molar-refractivity contribution in [3.63, 3.8) is 0 Å². The minimum absolute atomic E-state index is 0.175. The van der Waals surface area contributed by atoms with Crippen molar-refractivity contribution in [3.8, 4) is 0 Å². The first-order valence-corrected chi connectivity index (χ1v) is 10.1. The van der Waals surface area contributed by atoms with Crippen LogP contribution in [0.15, 0.2) is 40.8 Å². The van der Waals surface area contributed by atoms with Crippen molar-refractivity contribution in [2.24, 2.45) is 0 Å². The Morgan fingerprint density at radius 3 is 2.40 bits per heavy atom. The Bertz CT molecular complexity index is 597. The molecule has 0 radical (unpaired) electrons. The summed E-state index contributed by atoms with van der Waals surface area (Å²) in [5.41, 5.74) is 2.51. The van der Waals surface area contributed by atoms with Crippen LogP contribution in [-0.2, 0) is 0 Å². The zero-order valence-electron chi connectivity index (χ0n) is 10.7. The van der Waals surface area contributed by atoms with E-state index >= 15 is 0 Å². The molecule has 1 heterocycles. The molecule has 0 saturated carbocycles. The highest BCUT2D eigenvalue weighted by Crippen LogP contribution is 2.40. The van der Waals surface area contributed by atoms with Gasteiger partial charge in [-0.3, -0.25) is 0 Å². The molecule has 1 nitrogen and oxygen atoms in total. The van der Waals surface area contributed by atoms with Crippen LogP contribution >= 0.6 is 75.1 Å². The molecule has 108 valence electrons. The monoisotopic (exact) mass is 543 g/mol. The van der Waals surface area contributed by atoms with Crippen LogP contribution in [0.5, 0.6) is 0 Å². The first kappa shape index (κ1) is 17.2. The van der Waals surface area contributed by atoms with Crippen LogP contribution in [0.3, 0.4) is 0 Å². The van der Waals surface area contributed by atoms with E-state index in [1.165, 1.54) is 11.1 Å². The van der Waals surface area contributed by atoms with E-state index in [2.05, 4.69) is 100 Å². The predicted molar refractivity (Wildman–Crippen MR) is 102 cm³/mol. The molecule has 1 unspecified atom stereocenters. The maximum atomic E-state index is 3.67. The normalized spacial score (nSPS) is 12.7. The van der Waals surface area contributed by atoms with Gasteiger partial charge in [0.15, 0.2) is 0 Å². The number of thiophene rings is 1. The summed E-state index contributed by atoms with van der Waals surface area (Å²) in [6.45, 7) is 3.16. The van der Waals surface area contributed by atoms with Crippen LogP contribution in [0.1, 0.15) is 30.5 Å². The van der Waals surface area contributed by atoms with Gasteiger partial charge in [-0.2, -0.15) is 0 Å². The summed E-state index contributed by atoms with van der Waals surface area (Å²) in [6.07, 6.45) is 1.10. The highest BCUT2D eigenvalue weighted by molar-refractivity contribution is 9.12. The largest absolute Gasteiger partial charge is 0.306 e. The maximum absolute atomic E-state index is 3.67. The topological polar surface area (TPSA) is 12.0 Å². The highest BCUT2D eigenvalue weighted by atomic mass is 79.9. The predicted octanol–water partition coefficient (Wildman–Crippen LogP) is 6.89. The van der Waals surface area contributed by atoms with Crippen molar-refractivity contribution in [1.82, 2.24) is 5.32 Å². The first-order chi connectivity index (χ1) is 9.52. The van der Waals surface area contributed by atoms with Gasteiger partial charge in [0.05, 0.1) is 13.6 Å². The molecule has 0 saturated heterocycles. The zero-order valence-corrected chi connectivity index (χ0v) is 17.9. The molecule has 0 aliphatic heterocycles. The fourth-order valence-electron chi connectivity index (χ4n) is 1.96. The fraction of sp³-hybridized carbons (Fsp3) is 0.286. The third-order valence-corrected chi connectivity index (χ3v) is 6.43. The van der Waals surface area contributed by atoms with E-state index < -0.39 is 0 Å². The number of benzene rings is 1. The van der Waals surface area contributed by atoms with Crippen molar-refractivity contribution >= 4 is 75.1 Å². The zero-order chi connectivity index (χ0) is 14.7.